The monoisotopic (exact) mass is 213 g/mol. The van der Waals surface area contributed by atoms with Crippen LogP contribution in [-0.2, 0) is 4.79 Å². The molecule has 0 unspecified atom stereocenters. The molecule has 0 aliphatic carbocycles. The van der Waals surface area contributed by atoms with E-state index >= 15 is 0 Å². The third kappa shape index (κ3) is 3.45. The molecule has 1 aromatic rings. The Bertz CT molecular complexity index is 313. The number of carbonyl (C=O) groups is 2. The fourth-order valence-electron chi connectivity index (χ4n) is 0.902. The summed E-state index contributed by atoms with van der Waals surface area (Å²) in [5, 5.41) is 2.57. The molecular weight excluding hydrogens is 206 g/mol. The van der Waals surface area contributed by atoms with Crippen LogP contribution in [0.3, 0.4) is 0 Å². The van der Waals surface area contributed by atoms with E-state index in [-0.39, 0.29) is 5.91 Å². The van der Waals surface area contributed by atoms with Crippen LogP contribution >= 0.6 is 11.6 Å². The van der Waals surface area contributed by atoms with E-state index in [4.69, 9.17) is 11.6 Å². The molecule has 1 amide bonds. The highest BCUT2D eigenvalue weighted by atomic mass is 35.5. The van der Waals surface area contributed by atoms with E-state index in [9.17, 15) is 9.59 Å². The normalized spacial score (nSPS) is 9.29. The van der Waals surface area contributed by atoms with Gasteiger partial charge in [-0.2, -0.15) is 0 Å². The van der Waals surface area contributed by atoms with Crippen molar-refractivity contribution in [1.82, 2.24) is 0 Å². The van der Waals surface area contributed by atoms with Gasteiger partial charge in [0.2, 0.25) is 5.91 Å². The lowest BCUT2D eigenvalue weighted by Gasteiger charge is -2.03. The molecule has 0 bridgehead atoms. The van der Waals surface area contributed by atoms with Crippen molar-refractivity contribution in [1.29, 1.82) is 0 Å². The Kier molecular flexibility index (Phi) is 3.48. The second kappa shape index (κ2) is 4.62. The molecule has 0 aromatic heterocycles. The Morgan fingerprint density at radius 3 is 2.29 bits per heavy atom. The summed E-state index contributed by atoms with van der Waals surface area (Å²) in [6.07, 6.45) is 0. The first-order chi connectivity index (χ1) is 6.58. The number of rotatable bonds is 2. The zero-order chi connectivity index (χ0) is 10.6. The van der Waals surface area contributed by atoms with Gasteiger partial charge in [0, 0.05) is 24.2 Å². The van der Waals surface area contributed by atoms with E-state index < -0.39 is 5.43 Å². The maximum atomic E-state index is 10.7. The number of hydrogen-bond acceptors (Lipinski definition) is 3. The number of ether oxygens (including phenoxy) is 1. The number of amides is 1. The molecule has 14 heavy (non-hydrogen) atoms. The predicted octanol–water partition coefficient (Wildman–Crippen LogP) is 2.38. The fourth-order valence-corrected chi connectivity index (χ4v) is 0.991. The third-order valence-electron chi connectivity index (χ3n) is 1.37. The van der Waals surface area contributed by atoms with Crippen molar-refractivity contribution in [3.05, 3.63) is 24.3 Å². The van der Waals surface area contributed by atoms with Crippen molar-refractivity contribution >= 4 is 28.6 Å². The standard InChI is InChI=1S/C9H8ClNO3/c1-6(12)11-7-2-4-8(5-3-7)14-9(10)13/h2-5H,1H3,(H,11,12). The van der Waals surface area contributed by atoms with Gasteiger partial charge in [-0.25, -0.2) is 4.79 Å². The molecule has 0 heterocycles. The Balaban J connectivity index is 2.68. The molecular formula is C9H8ClNO3. The molecule has 0 spiro atoms. The second-order valence-corrected chi connectivity index (χ2v) is 2.85. The average Bonchev–Trinajstić information content (AvgIpc) is 2.06. The highest BCUT2D eigenvalue weighted by Gasteiger charge is 2.00. The van der Waals surface area contributed by atoms with Gasteiger partial charge in [0.15, 0.2) is 0 Å². The molecule has 4 nitrogen and oxygen atoms in total. The zero-order valence-corrected chi connectivity index (χ0v) is 8.17. The number of anilines is 1. The number of carbonyl (C=O) groups excluding carboxylic acids is 2. The molecule has 1 rings (SSSR count). The first kappa shape index (κ1) is 10.5. The molecule has 0 aliphatic heterocycles. The minimum absolute atomic E-state index is 0.160. The van der Waals surface area contributed by atoms with Gasteiger partial charge in [-0.05, 0) is 24.3 Å². The van der Waals surface area contributed by atoms with E-state index in [1.165, 1.54) is 19.1 Å². The van der Waals surface area contributed by atoms with E-state index in [0.29, 0.717) is 11.4 Å². The summed E-state index contributed by atoms with van der Waals surface area (Å²) in [5.41, 5.74) is -0.260. The minimum atomic E-state index is -0.891. The summed E-state index contributed by atoms with van der Waals surface area (Å²) in [6, 6.07) is 6.28. The van der Waals surface area contributed by atoms with E-state index in [2.05, 4.69) is 10.1 Å². The second-order valence-electron chi connectivity index (χ2n) is 2.55. The van der Waals surface area contributed by atoms with Crippen molar-refractivity contribution in [2.24, 2.45) is 0 Å². The van der Waals surface area contributed by atoms with Gasteiger partial charge in [-0.1, -0.05) is 0 Å². The molecule has 0 saturated heterocycles. The highest BCUT2D eigenvalue weighted by Crippen LogP contribution is 2.16. The zero-order valence-electron chi connectivity index (χ0n) is 7.41. The number of benzene rings is 1. The van der Waals surface area contributed by atoms with E-state index in [1.807, 2.05) is 0 Å². The molecule has 74 valence electrons. The lowest BCUT2D eigenvalue weighted by molar-refractivity contribution is -0.114. The van der Waals surface area contributed by atoms with Crippen molar-refractivity contribution in [3.8, 4) is 5.75 Å². The maximum Gasteiger partial charge on any atom is 0.409 e. The van der Waals surface area contributed by atoms with Crippen LogP contribution in [0.15, 0.2) is 24.3 Å². The highest BCUT2D eigenvalue weighted by molar-refractivity contribution is 6.61. The Morgan fingerprint density at radius 2 is 1.86 bits per heavy atom. The number of nitrogens with one attached hydrogen (secondary N) is 1. The molecule has 0 radical (unpaired) electrons. The average molecular weight is 214 g/mol. The number of hydrogen-bond donors (Lipinski definition) is 1. The van der Waals surface area contributed by atoms with Gasteiger partial charge >= 0.3 is 5.43 Å². The fraction of sp³-hybridized carbons (Fsp3) is 0.111. The van der Waals surface area contributed by atoms with Gasteiger partial charge in [0.25, 0.3) is 0 Å². The van der Waals surface area contributed by atoms with Crippen LogP contribution in [0.25, 0.3) is 0 Å². The molecule has 5 heteroatoms. The van der Waals surface area contributed by atoms with Gasteiger partial charge in [0.05, 0.1) is 0 Å². The molecule has 1 N–H and O–H groups in total. The van der Waals surface area contributed by atoms with Gasteiger partial charge < -0.3 is 10.1 Å². The summed E-state index contributed by atoms with van der Waals surface area (Å²) in [6.45, 7) is 1.41. The molecule has 0 saturated carbocycles. The van der Waals surface area contributed by atoms with E-state index in [0.717, 1.165) is 0 Å². The van der Waals surface area contributed by atoms with Crippen LogP contribution in [0, 0.1) is 0 Å². The minimum Gasteiger partial charge on any atom is -0.415 e. The Labute approximate surface area is 85.8 Å². The largest absolute Gasteiger partial charge is 0.415 e. The van der Waals surface area contributed by atoms with Gasteiger partial charge in [0.1, 0.15) is 5.75 Å². The van der Waals surface area contributed by atoms with E-state index in [1.54, 1.807) is 12.1 Å². The van der Waals surface area contributed by atoms with Crippen molar-refractivity contribution in [2.75, 3.05) is 5.32 Å². The van der Waals surface area contributed by atoms with Crippen LogP contribution in [0.5, 0.6) is 5.75 Å². The van der Waals surface area contributed by atoms with Crippen LogP contribution in [0.4, 0.5) is 10.5 Å². The maximum absolute atomic E-state index is 10.7. The summed E-state index contributed by atoms with van der Waals surface area (Å²) < 4.78 is 4.59. The van der Waals surface area contributed by atoms with Crippen molar-refractivity contribution < 1.29 is 14.3 Å². The lowest BCUT2D eigenvalue weighted by atomic mass is 10.3. The van der Waals surface area contributed by atoms with Crippen LogP contribution < -0.4 is 10.1 Å². The topological polar surface area (TPSA) is 55.4 Å². The lowest BCUT2D eigenvalue weighted by Crippen LogP contribution is -2.05. The Morgan fingerprint density at radius 1 is 1.29 bits per heavy atom. The van der Waals surface area contributed by atoms with Gasteiger partial charge in [-0.3, -0.25) is 4.79 Å². The van der Waals surface area contributed by atoms with Crippen molar-refractivity contribution in [2.45, 2.75) is 6.92 Å². The summed E-state index contributed by atoms with van der Waals surface area (Å²) in [5.74, 6) is 0.172. The number of halogens is 1. The Hall–Kier alpha value is -1.55. The molecule has 0 aliphatic rings. The van der Waals surface area contributed by atoms with Gasteiger partial charge in [-0.15, -0.1) is 0 Å². The first-order valence-corrected chi connectivity index (χ1v) is 4.20. The predicted molar refractivity (Wildman–Crippen MR) is 52.6 cm³/mol. The third-order valence-corrected chi connectivity index (χ3v) is 1.45. The van der Waals surface area contributed by atoms with Crippen LogP contribution in [-0.4, -0.2) is 11.3 Å². The van der Waals surface area contributed by atoms with Crippen LogP contribution in [0.2, 0.25) is 0 Å². The summed E-state index contributed by atoms with van der Waals surface area (Å²) in [7, 11) is 0. The SMILES string of the molecule is CC(=O)Nc1ccc(OC(=O)Cl)cc1. The molecule has 1 aromatic carbocycles. The van der Waals surface area contributed by atoms with Crippen LogP contribution in [0.1, 0.15) is 6.92 Å². The smallest absolute Gasteiger partial charge is 0.409 e. The van der Waals surface area contributed by atoms with Crippen molar-refractivity contribution in [3.63, 3.8) is 0 Å². The first-order valence-electron chi connectivity index (χ1n) is 3.83. The summed E-state index contributed by atoms with van der Waals surface area (Å²) >= 11 is 5.01. The quantitative estimate of drug-likeness (QED) is 0.768. The summed E-state index contributed by atoms with van der Waals surface area (Å²) in [4.78, 5) is 21.0. The molecule has 0 atom stereocenters. The molecule has 0 fully saturated rings.